The van der Waals surface area contributed by atoms with E-state index in [1.54, 1.807) is 24.3 Å². The quantitative estimate of drug-likeness (QED) is 0.588. The van der Waals surface area contributed by atoms with Gasteiger partial charge in [0.1, 0.15) is 5.75 Å². The van der Waals surface area contributed by atoms with Crippen LogP contribution in [0.5, 0.6) is 5.75 Å². The highest BCUT2D eigenvalue weighted by atomic mass is 79.9. The Morgan fingerprint density at radius 2 is 1.47 bits per heavy atom. The van der Waals surface area contributed by atoms with Gasteiger partial charge in [-0.25, -0.2) is 4.79 Å². The summed E-state index contributed by atoms with van der Waals surface area (Å²) >= 11 is 6.64. The van der Waals surface area contributed by atoms with Crippen molar-refractivity contribution in [3.63, 3.8) is 0 Å². The Labute approximate surface area is 116 Å². The molecule has 2 nitrogen and oxygen atoms in total. The highest BCUT2D eigenvalue weighted by Gasteiger charge is 2.12. The van der Waals surface area contributed by atoms with E-state index in [1.807, 2.05) is 24.3 Å². The van der Waals surface area contributed by atoms with E-state index in [0.29, 0.717) is 11.3 Å². The van der Waals surface area contributed by atoms with Crippen LogP contribution in [0.25, 0.3) is 0 Å². The summed E-state index contributed by atoms with van der Waals surface area (Å²) in [7, 11) is 0. The van der Waals surface area contributed by atoms with Crippen LogP contribution < -0.4 is 4.74 Å². The maximum absolute atomic E-state index is 11.9. The third kappa shape index (κ3) is 2.96. The number of esters is 1. The topological polar surface area (TPSA) is 26.3 Å². The van der Waals surface area contributed by atoms with E-state index in [-0.39, 0.29) is 5.97 Å². The van der Waals surface area contributed by atoms with Crippen LogP contribution in [0, 0.1) is 0 Å². The van der Waals surface area contributed by atoms with Gasteiger partial charge in [-0.05, 0) is 56.1 Å². The average Bonchev–Trinajstić information content (AvgIpc) is 2.32. The van der Waals surface area contributed by atoms with Crippen molar-refractivity contribution in [3.05, 3.63) is 63.0 Å². The average molecular weight is 356 g/mol. The third-order valence-electron chi connectivity index (χ3n) is 2.13. The molecule has 17 heavy (non-hydrogen) atoms. The Balaban J connectivity index is 2.24. The van der Waals surface area contributed by atoms with Gasteiger partial charge in [-0.2, -0.15) is 0 Å². The summed E-state index contributed by atoms with van der Waals surface area (Å²) in [6, 6.07) is 14.4. The minimum atomic E-state index is -0.385. The fourth-order valence-electron chi connectivity index (χ4n) is 1.31. The molecule has 0 saturated carbocycles. The molecule has 2 aromatic carbocycles. The largest absolute Gasteiger partial charge is 0.422 e. The maximum atomic E-state index is 11.9. The fourth-order valence-corrected chi connectivity index (χ4v) is 2.12. The van der Waals surface area contributed by atoms with E-state index in [4.69, 9.17) is 4.74 Å². The summed E-state index contributed by atoms with van der Waals surface area (Å²) in [5.41, 5.74) is 0.503. The highest BCUT2D eigenvalue weighted by Crippen LogP contribution is 2.26. The van der Waals surface area contributed by atoms with Crippen molar-refractivity contribution < 1.29 is 9.53 Å². The van der Waals surface area contributed by atoms with Gasteiger partial charge in [-0.3, -0.25) is 0 Å². The van der Waals surface area contributed by atoms with Gasteiger partial charge in [-0.1, -0.05) is 24.3 Å². The molecule has 0 atom stereocenters. The van der Waals surface area contributed by atoms with E-state index >= 15 is 0 Å². The summed E-state index contributed by atoms with van der Waals surface area (Å²) in [5.74, 6) is 0.123. The van der Waals surface area contributed by atoms with Gasteiger partial charge in [0.05, 0.1) is 10.0 Å². The van der Waals surface area contributed by atoms with E-state index in [1.165, 1.54) is 0 Å². The van der Waals surface area contributed by atoms with Crippen LogP contribution in [0.4, 0.5) is 0 Å². The zero-order chi connectivity index (χ0) is 12.3. The van der Waals surface area contributed by atoms with Crippen molar-refractivity contribution >= 4 is 37.8 Å². The molecule has 0 unspecified atom stereocenters. The Hall–Kier alpha value is -1.13. The minimum Gasteiger partial charge on any atom is -0.422 e. The summed E-state index contributed by atoms with van der Waals surface area (Å²) in [6.45, 7) is 0. The Morgan fingerprint density at radius 3 is 2.12 bits per heavy atom. The predicted octanol–water partition coefficient (Wildman–Crippen LogP) is 4.43. The molecule has 0 fully saturated rings. The van der Waals surface area contributed by atoms with E-state index in [9.17, 15) is 4.79 Å². The van der Waals surface area contributed by atoms with Crippen molar-refractivity contribution in [1.82, 2.24) is 0 Å². The zero-order valence-corrected chi connectivity index (χ0v) is 11.9. The molecule has 0 N–H and O–H groups in total. The van der Waals surface area contributed by atoms with Crippen LogP contribution in [0.15, 0.2) is 57.5 Å². The van der Waals surface area contributed by atoms with Crippen LogP contribution in [-0.2, 0) is 0 Å². The van der Waals surface area contributed by atoms with Crippen molar-refractivity contribution in [3.8, 4) is 5.75 Å². The molecule has 0 amide bonds. The lowest BCUT2D eigenvalue weighted by Crippen LogP contribution is -2.09. The summed E-state index contributed by atoms with van der Waals surface area (Å²) in [4.78, 5) is 11.9. The number of hydrogen-bond acceptors (Lipinski definition) is 2. The summed E-state index contributed by atoms with van der Waals surface area (Å²) in [5, 5.41) is 0. The molecule has 0 aliphatic carbocycles. The van der Waals surface area contributed by atoms with Crippen LogP contribution >= 0.6 is 31.9 Å². The first-order valence-corrected chi connectivity index (χ1v) is 6.48. The number of carbonyl (C=O) groups excluding carboxylic acids is 1. The van der Waals surface area contributed by atoms with Gasteiger partial charge >= 0.3 is 5.97 Å². The van der Waals surface area contributed by atoms with E-state index in [2.05, 4.69) is 31.9 Å². The smallest absolute Gasteiger partial charge is 0.344 e. The van der Waals surface area contributed by atoms with Gasteiger partial charge < -0.3 is 4.74 Å². The van der Waals surface area contributed by atoms with Crippen molar-refractivity contribution in [2.75, 3.05) is 0 Å². The van der Waals surface area contributed by atoms with Crippen LogP contribution in [0.3, 0.4) is 0 Å². The lowest BCUT2D eigenvalue weighted by molar-refractivity contribution is 0.0732. The minimum absolute atomic E-state index is 0.385. The molecule has 0 aliphatic heterocycles. The van der Waals surface area contributed by atoms with E-state index in [0.717, 1.165) is 8.95 Å². The molecule has 0 aromatic heterocycles. The molecule has 0 heterocycles. The number of rotatable bonds is 2. The fraction of sp³-hybridized carbons (Fsp3) is 0. The standard InChI is InChI=1S/C13H8Br2O2/c14-10-6-2-1-5-9(10)13(16)17-12-8-4-3-7-11(12)15/h1-8H. The molecule has 0 spiro atoms. The SMILES string of the molecule is O=C(Oc1ccccc1Br)c1ccccc1Br. The lowest BCUT2D eigenvalue weighted by Gasteiger charge is -2.07. The van der Waals surface area contributed by atoms with Gasteiger partial charge in [-0.15, -0.1) is 0 Å². The first-order valence-electron chi connectivity index (χ1n) is 4.90. The second kappa shape index (κ2) is 5.47. The molecule has 2 rings (SSSR count). The number of hydrogen-bond donors (Lipinski definition) is 0. The molecule has 0 aliphatic rings. The predicted molar refractivity (Wildman–Crippen MR) is 73.2 cm³/mol. The zero-order valence-electron chi connectivity index (χ0n) is 8.69. The number of ether oxygens (including phenoxy) is 1. The van der Waals surface area contributed by atoms with Crippen molar-refractivity contribution in [1.29, 1.82) is 0 Å². The number of halogens is 2. The van der Waals surface area contributed by atoms with Gasteiger partial charge in [0.2, 0.25) is 0 Å². The second-order valence-corrected chi connectivity index (χ2v) is 5.01. The molecule has 0 radical (unpaired) electrons. The summed E-state index contributed by atoms with van der Waals surface area (Å²) in [6.07, 6.45) is 0. The number of carbonyl (C=O) groups is 1. The van der Waals surface area contributed by atoms with Crippen LogP contribution in [0.1, 0.15) is 10.4 Å². The van der Waals surface area contributed by atoms with Crippen molar-refractivity contribution in [2.45, 2.75) is 0 Å². The molecule has 2 aromatic rings. The van der Waals surface area contributed by atoms with E-state index < -0.39 is 0 Å². The Bertz CT molecular complexity index is 553. The van der Waals surface area contributed by atoms with Gasteiger partial charge in [0.15, 0.2) is 0 Å². The normalized spacial score (nSPS) is 10.0. The molecular formula is C13H8Br2O2. The van der Waals surface area contributed by atoms with Gasteiger partial charge in [0, 0.05) is 4.47 Å². The first-order chi connectivity index (χ1) is 8.18. The molecule has 0 bridgehead atoms. The van der Waals surface area contributed by atoms with Crippen LogP contribution in [-0.4, -0.2) is 5.97 Å². The van der Waals surface area contributed by atoms with Gasteiger partial charge in [0.25, 0.3) is 0 Å². The molecule has 86 valence electrons. The Morgan fingerprint density at radius 1 is 0.882 bits per heavy atom. The summed E-state index contributed by atoms with van der Waals surface area (Å²) < 4.78 is 6.77. The highest BCUT2D eigenvalue weighted by molar-refractivity contribution is 9.10. The van der Waals surface area contributed by atoms with Crippen LogP contribution in [0.2, 0.25) is 0 Å². The monoisotopic (exact) mass is 354 g/mol. The Kier molecular flexibility index (Phi) is 3.97. The first kappa shape index (κ1) is 12.3. The third-order valence-corrected chi connectivity index (χ3v) is 3.48. The molecule has 0 saturated heterocycles. The maximum Gasteiger partial charge on any atom is 0.344 e. The molecule has 4 heteroatoms. The molecular weight excluding hydrogens is 348 g/mol. The second-order valence-electron chi connectivity index (χ2n) is 3.30. The number of benzene rings is 2. The number of para-hydroxylation sites is 1. The lowest BCUT2D eigenvalue weighted by atomic mass is 10.2. The van der Waals surface area contributed by atoms with Crippen molar-refractivity contribution in [2.24, 2.45) is 0 Å².